The highest BCUT2D eigenvalue weighted by atomic mass is 35.5. The van der Waals surface area contributed by atoms with Crippen molar-refractivity contribution in [3.05, 3.63) is 70.4 Å². The predicted molar refractivity (Wildman–Crippen MR) is 105 cm³/mol. The van der Waals surface area contributed by atoms with E-state index in [4.69, 9.17) is 16.3 Å². The molecular weight excluding hydrogens is 362 g/mol. The molecule has 3 aromatic rings. The van der Waals surface area contributed by atoms with Crippen LogP contribution >= 0.6 is 11.6 Å². The van der Waals surface area contributed by atoms with E-state index in [0.717, 1.165) is 18.4 Å². The first-order valence-electron chi connectivity index (χ1n) is 9.02. The van der Waals surface area contributed by atoms with E-state index in [0.29, 0.717) is 28.6 Å². The van der Waals surface area contributed by atoms with Crippen LogP contribution in [0.3, 0.4) is 0 Å². The molecule has 1 aliphatic carbocycles. The number of hydrogen-bond donors (Lipinski definition) is 2. The van der Waals surface area contributed by atoms with E-state index >= 15 is 0 Å². The number of carbonyl (C=O) groups excluding carboxylic acids is 1. The molecule has 0 radical (unpaired) electrons. The molecule has 27 heavy (non-hydrogen) atoms. The second-order valence-corrected chi connectivity index (χ2v) is 6.91. The molecule has 2 N–H and O–H groups in total. The molecule has 0 unspecified atom stereocenters. The summed E-state index contributed by atoms with van der Waals surface area (Å²) in [6.45, 7) is 2.45. The minimum absolute atomic E-state index is 0.0281. The standard InChI is InChI=1S/C21H20ClN3O2/c1-2-27-19-10-8-14(11-17(19)22)20-16(12-23-25-20)21(26)24-18-9-7-13-5-3-4-6-15(13)18/h3-6,8,10-12,18H,2,7,9H2,1H3,(H,23,25)(H,24,26)/t18-/m0/s1. The van der Waals surface area contributed by atoms with Crippen molar-refractivity contribution in [2.24, 2.45) is 0 Å². The molecule has 0 bridgehead atoms. The third kappa shape index (κ3) is 3.43. The zero-order valence-corrected chi connectivity index (χ0v) is 15.7. The molecule has 1 aromatic heterocycles. The number of nitrogens with one attached hydrogen (secondary N) is 2. The Kier molecular flexibility index (Phi) is 4.86. The fourth-order valence-electron chi connectivity index (χ4n) is 3.55. The van der Waals surface area contributed by atoms with Crippen LogP contribution in [0.4, 0.5) is 0 Å². The molecular formula is C21H20ClN3O2. The number of hydrogen-bond acceptors (Lipinski definition) is 3. The van der Waals surface area contributed by atoms with Crippen molar-refractivity contribution in [2.45, 2.75) is 25.8 Å². The Morgan fingerprint density at radius 1 is 1.33 bits per heavy atom. The van der Waals surface area contributed by atoms with E-state index < -0.39 is 0 Å². The van der Waals surface area contributed by atoms with Gasteiger partial charge >= 0.3 is 0 Å². The number of rotatable bonds is 5. The molecule has 1 amide bonds. The minimum atomic E-state index is -0.148. The van der Waals surface area contributed by atoms with Crippen LogP contribution in [0.5, 0.6) is 5.75 Å². The van der Waals surface area contributed by atoms with Gasteiger partial charge in [0, 0.05) is 5.56 Å². The van der Waals surface area contributed by atoms with E-state index in [1.807, 2.05) is 25.1 Å². The van der Waals surface area contributed by atoms with E-state index in [1.165, 1.54) is 11.1 Å². The molecule has 2 aromatic carbocycles. The van der Waals surface area contributed by atoms with Crippen LogP contribution < -0.4 is 10.1 Å². The lowest BCUT2D eigenvalue weighted by Crippen LogP contribution is -2.27. The highest BCUT2D eigenvalue weighted by molar-refractivity contribution is 6.32. The normalized spacial score (nSPS) is 15.4. The largest absolute Gasteiger partial charge is 0.492 e. The Morgan fingerprint density at radius 3 is 3.00 bits per heavy atom. The number of aryl methyl sites for hydroxylation is 1. The summed E-state index contributed by atoms with van der Waals surface area (Å²) < 4.78 is 5.47. The minimum Gasteiger partial charge on any atom is -0.492 e. The van der Waals surface area contributed by atoms with Gasteiger partial charge in [0.25, 0.3) is 5.91 Å². The van der Waals surface area contributed by atoms with Crippen LogP contribution in [0.1, 0.15) is 40.9 Å². The van der Waals surface area contributed by atoms with Crippen LogP contribution in [-0.2, 0) is 6.42 Å². The summed E-state index contributed by atoms with van der Waals surface area (Å²) in [4.78, 5) is 12.9. The number of fused-ring (bicyclic) bond motifs is 1. The molecule has 1 heterocycles. The zero-order chi connectivity index (χ0) is 18.8. The number of aromatic nitrogens is 2. The van der Waals surface area contributed by atoms with Gasteiger partial charge in [0.2, 0.25) is 0 Å². The van der Waals surface area contributed by atoms with Gasteiger partial charge in [-0.1, -0.05) is 35.9 Å². The maximum Gasteiger partial charge on any atom is 0.255 e. The zero-order valence-electron chi connectivity index (χ0n) is 15.0. The van der Waals surface area contributed by atoms with Crippen molar-refractivity contribution in [3.8, 4) is 17.0 Å². The second kappa shape index (κ2) is 7.45. The van der Waals surface area contributed by atoms with Crippen molar-refractivity contribution in [1.29, 1.82) is 0 Å². The van der Waals surface area contributed by atoms with Crippen LogP contribution in [-0.4, -0.2) is 22.7 Å². The van der Waals surface area contributed by atoms with Crippen LogP contribution in [0, 0.1) is 0 Å². The fraction of sp³-hybridized carbons (Fsp3) is 0.238. The maximum absolute atomic E-state index is 12.9. The third-order valence-corrected chi connectivity index (χ3v) is 5.14. The number of carbonyl (C=O) groups is 1. The summed E-state index contributed by atoms with van der Waals surface area (Å²) >= 11 is 6.29. The number of amides is 1. The Bertz CT molecular complexity index is 983. The van der Waals surface area contributed by atoms with E-state index in [-0.39, 0.29) is 11.9 Å². The van der Waals surface area contributed by atoms with Gasteiger partial charge in [-0.3, -0.25) is 9.89 Å². The van der Waals surface area contributed by atoms with Crippen molar-refractivity contribution in [2.75, 3.05) is 6.61 Å². The van der Waals surface area contributed by atoms with Gasteiger partial charge in [-0.05, 0) is 49.1 Å². The number of halogens is 1. The Morgan fingerprint density at radius 2 is 2.19 bits per heavy atom. The quantitative estimate of drug-likeness (QED) is 0.681. The molecule has 4 rings (SSSR count). The van der Waals surface area contributed by atoms with Gasteiger partial charge < -0.3 is 10.1 Å². The van der Waals surface area contributed by atoms with E-state index in [9.17, 15) is 4.79 Å². The van der Waals surface area contributed by atoms with Gasteiger partial charge in [0.05, 0.1) is 35.1 Å². The monoisotopic (exact) mass is 381 g/mol. The molecule has 6 heteroatoms. The lowest BCUT2D eigenvalue weighted by molar-refractivity contribution is 0.0937. The smallest absolute Gasteiger partial charge is 0.255 e. The van der Waals surface area contributed by atoms with Crippen LogP contribution in [0.15, 0.2) is 48.7 Å². The lowest BCUT2D eigenvalue weighted by Gasteiger charge is -2.14. The summed E-state index contributed by atoms with van der Waals surface area (Å²) in [6, 6.07) is 13.7. The SMILES string of the molecule is CCOc1ccc(-c2[nH]ncc2C(=O)N[C@H]2CCc3ccccc32)cc1Cl. The summed E-state index contributed by atoms with van der Waals surface area (Å²) in [6.07, 6.45) is 3.44. The maximum atomic E-state index is 12.9. The molecule has 1 atom stereocenters. The first kappa shape index (κ1) is 17.6. The molecule has 1 aliphatic rings. The number of benzene rings is 2. The van der Waals surface area contributed by atoms with Crippen molar-refractivity contribution in [3.63, 3.8) is 0 Å². The summed E-state index contributed by atoms with van der Waals surface area (Å²) in [5.41, 5.74) is 4.43. The molecule has 5 nitrogen and oxygen atoms in total. The highest BCUT2D eigenvalue weighted by Crippen LogP contribution is 2.33. The van der Waals surface area contributed by atoms with Gasteiger partial charge in [0.1, 0.15) is 5.75 Å². The second-order valence-electron chi connectivity index (χ2n) is 6.50. The average Bonchev–Trinajstić information content (AvgIpc) is 3.31. The summed E-state index contributed by atoms with van der Waals surface area (Å²) in [7, 11) is 0. The van der Waals surface area contributed by atoms with Crippen LogP contribution in [0.25, 0.3) is 11.3 Å². The average molecular weight is 382 g/mol. The predicted octanol–water partition coefficient (Wildman–Crippen LogP) is 4.55. The number of nitrogens with zero attached hydrogens (tertiary/aromatic N) is 1. The first-order valence-corrected chi connectivity index (χ1v) is 9.40. The number of ether oxygens (including phenoxy) is 1. The van der Waals surface area contributed by atoms with Crippen molar-refractivity contribution < 1.29 is 9.53 Å². The Balaban J connectivity index is 1.57. The van der Waals surface area contributed by atoms with Crippen LogP contribution in [0.2, 0.25) is 5.02 Å². The van der Waals surface area contributed by atoms with Gasteiger partial charge in [-0.25, -0.2) is 0 Å². The molecule has 138 valence electrons. The van der Waals surface area contributed by atoms with E-state index in [2.05, 4.69) is 27.6 Å². The van der Waals surface area contributed by atoms with Gasteiger partial charge in [-0.15, -0.1) is 0 Å². The lowest BCUT2D eigenvalue weighted by atomic mass is 10.1. The molecule has 0 saturated carbocycles. The molecule has 0 fully saturated rings. The van der Waals surface area contributed by atoms with E-state index in [1.54, 1.807) is 18.3 Å². The Labute approximate surface area is 162 Å². The third-order valence-electron chi connectivity index (χ3n) is 4.84. The van der Waals surface area contributed by atoms with Gasteiger partial charge in [-0.2, -0.15) is 5.10 Å². The summed E-state index contributed by atoms with van der Waals surface area (Å²) in [5, 5.41) is 10.6. The molecule has 0 spiro atoms. The van der Waals surface area contributed by atoms with Crippen molar-refractivity contribution in [1.82, 2.24) is 15.5 Å². The Hall–Kier alpha value is -2.79. The fourth-order valence-corrected chi connectivity index (χ4v) is 3.79. The first-order chi connectivity index (χ1) is 13.2. The molecule has 0 saturated heterocycles. The number of H-pyrrole nitrogens is 1. The highest BCUT2D eigenvalue weighted by Gasteiger charge is 2.25. The molecule has 0 aliphatic heterocycles. The topological polar surface area (TPSA) is 67.0 Å². The van der Waals surface area contributed by atoms with Gasteiger partial charge in [0.15, 0.2) is 0 Å². The summed E-state index contributed by atoms with van der Waals surface area (Å²) in [5.74, 6) is 0.474. The number of aromatic amines is 1. The van der Waals surface area contributed by atoms with Crippen molar-refractivity contribution >= 4 is 17.5 Å².